The van der Waals surface area contributed by atoms with Gasteiger partial charge in [0.2, 0.25) is 5.91 Å². The number of likely N-dealkylation sites (N-methyl/N-ethyl adjacent to an activating group) is 1. The van der Waals surface area contributed by atoms with E-state index in [1.165, 1.54) is 0 Å². The van der Waals surface area contributed by atoms with Crippen LogP contribution in [0.5, 0.6) is 5.75 Å². The van der Waals surface area contributed by atoms with Gasteiger partial charge in [-0.05, 0) is 13.0 Å². The molecule has 2 heterocycles. The van der Waals surface area contributed by atoms with E-state index in [0.717, 1.165) is 55.5 Å². The molecule has 0 spiro atoms. The maximum absolute atomic E-state index is 12.1. The van der Waals surface area contributed by atoms with Gasteiger partial charge in [-0.25, -0.2) is 0 Å². The van der Waals surface area contributed by atoms with Gasteiger partial charge in [-0.15, -0.1) is 0 Å². The number of carbonyl (C=O) groups is 1. The molecule has 1 N–H and O–H groups in total. The molecule has 6 nitrogen and oxygen atoms in total. The third-order valence-corrected chi connectivity index (χ3v) is 6.09. The molecule has 1 atom stereocenters. The lowest BCUT2D eigenvalue weighted by Crippen LogP contribution is -2.49. The number of rotatable bonds is 8. The van der Waals surface area contributed by atoms with E-state index in [1.807, 2.05) is 47.9 Å². The Morgan fingerprint density at radius 2 is 1.93 bits per heavy atom. The molecule has 2 aliphatic rings. The fraction of sp³-hybridized carbons (Fsp3) is 0.650. The van der Waals surface area contributed by atoms with Crippen molar-refractivity contribution in [2.45, 2.75) is 19.6 Å². The molecule has 3 rings (SSSR count). The number of nitrogens with zero attached hydrogens (tertiary/aromatic N) is 3. The summed E-state index contributed by atoms with van der Waals surface area (Å²) in [6.45, 7) is 8.64. The number of piperazine rings is 1. The molecule has 0 unspecified atom stereocenters. The number of amides is 1. The SMILES string of the molecule is CCN1CCN(Cc2ccccc2OC[C@H](O)CN2CCSCC2)CC1=O. The quantitative estimate of drug-likeness (QED) is 0.715. The first kappa shape index (κ1) is 20.5. The molecule has 0 bridgehead atoms. The number of ether oxygens (including phenoxy) is 1. The van der Waals surface area contributed by atoms with E-state index in [2.05, 4.69) is 9.80 Å². The molecule has 1 aromatic carbocycles. The van der Waals surface area contributed by atoms with Crippen LogP contribution in [0.3, 0.4) is 0 Å². The zero-order valence-electron chi connectivity index (χ0n) is 16.2. The number of carbonyl (C=O) groups excluding carboxylic acids is 1. The normalized spacial score (nSPS) is 20.7. The average molecular weight is 394 g/mol. The first-order valence-electron chi connectivity index (χ1n) is 9.84. The van der Waals surface area contributed by atoms with Crippen LogP contribution in [0.1, 0.15) is 12.5 Å². The van der Waals surface area contributed by atoms with Crippen molar-refractivity contribution in [3.63, 3.8) is 0 Å². The second-order valence-corrected chi connectivity index (χ2v) is 8.39. The van der Waals surface area contributed by atoms with E-state index in [0.29, 0.717) is 26.2 Å². The summed E-state index contributed by atoms with van der Waals surface area (Å²) in [5.74, 6) is 3.27. The first-order valence-corrected chi connectivity index (χ1v) is 11.0. The van der Waals surface area contributed by atoms with Gasteiger partial charge in [0.1, 0.15) is 18.5 Å². The highest BCUT2D eigenvalue weighted by Crippen LogP contribution is 2.21. The first-order chi connectivity index (χ1) is 13.2. The Balaban J connectivity index is 1.50. The second kappa shape index (κ2) is 10.3. The number of hydrogen-bond donors (Lipinski definition) is 1. The summed E-state index contributed by atoms with van der Waals surface area (Å²) in [5.41, 5.74) is 1.07. The lowest BCUT2D eigenvalue weighted by molar-refractivity contribution is -0.135. The zero-order chi connectivity index (χ0) is 19.1. The smallest absolute Gasteiger partial charge is 0.236 e. The van der Waals surface area contributed by atoms with Gasteiger partial charge in [0, 0.05) is 62.9 Å². The van der Waals surface area contributed by atoms with E-state index in [1.54, 1.807) is 0 Å². The summed E-state index contributed by atoms with van der Waals surface area (Å²) >= 11 is 1.97. The molecule has 0 aliphatic carbocycles. The molecule has 1 amide bonds. The molecule has 0 radical (unpaired) electrons. The van der Waals surface area contributed by atoms with Crippen molar-refractivity contribution in [1.82, 2.24) is 14.7 Å². The highest BCUT2D eigenvalue weighted by atomic mass is 32.2. The van der Waals surface area contributed by atoms with Crippen LogP contribution in [0.25, 0.3) is 0 Å². The Labute approximate surface area is 166 Å². The molecule has 2 aliphatic heterocycles. The van der Waals surface area contributed by atoms with Crippen LogP contribution in [0.15, 0.2) is 24.3 Å². The monoisotopic (exact) mass is 393 g/mol. The van der Waals surface area contributed by atoms with E-state index in [4.69, 9.17) is 4.74 Å². The van der Waals surface area contributed by atoms with Crippen molar-refractivity contribution in [3.8, 4) is 5.75 Å². The lowest BCUT2D eigenvalue weighted by atomic mass is 10.1. The summed E-state index contributed by atoms with van der Waals surface area (Å²) in [7, 11) is 0. The summed E-state index contributed by atoms with van der Waals surface area (Å²) in [4.78, 5) is 18.5. The van der Waals surface area contributed by atoms with E-state index < -0.39 is 6.10 Å². The Bertz CT molecular complexity index is 610. The number of thioether (sulfide) groups is 1. The molecular weight excluding hydrogens is 362 g/mol. The van der Waals surface area contributed by atoms with Crippen LogP contribution in [-0.4, -0.2) is 95.7 Å². The molecule has 1 aromatic rings. The summed E-state index contributed by atoms with van der Waals surface area (Å²) in [5, 5.41) is 10.3. The van der Waals surface area contributed by atoms with E-state index in [9.17, 15) is 9.90 Å². The van der Waals surface area contributed by atoms with Gasteiger partial charge in [-0.2, -0.15) is 11.8 Å². The Kier molecular flexibility index (Phi) is 7.81. The number of hydrogen-bond acceptors (Lipinski definition) is 6. The maximum Gasteiger partial charge on any atom is 0.236 e. The van der Waals surface area contributed by atoms with Crippen LogP contribution in [0.4, 0.5) is 0 Å². The molecule has 2 fully saturated rings. The number of para-hydroxylation sites is 1. The van der Waals surface area contributed by atoms with Gasteiger partial charge in [-0.3, -0.25) is 14.6 Å². The van der Waals surface area contributed by atoms with Gasteiger partial charge >= 0.3 is 0 Å². The van der Waals surface area contributed by atoms with Gasteiger partial charge < -0.3 is 14.7 Å². The molecule has 7 heteroatoms. The minimum atomic E-state index is -0.490. The fourth-order valence-electron chi connectivity index (χ4n) is 3.56. The van der Waals surface area contributed by atoms with Crippen molar-refractivity contribution in [2.75, 3.05) is 63.9 Å². The molecule has 0 aromatic heterocycles. The molecule has 27 heavy (non-hydrogen) atoms. The van der Waals surface area contributed by atoms with Crippen molar-refractivity contribution in [1.29, 1.82) is 0 Å². The fourth-order valence-corrected chi connectivity index (χ4v) is 4.54. The molecule has 2 saturated heterocycles. The molecular formula is C20H31N3O3S. The van der Waals surface area contributed by atoms with Crippen molar-refractivity contribution in [2.24, 2.45) is 0 Å². The molecule has 0 saturated carbocycles. The van der Waals surface area contributed by atoms with Crippen LogP contribution in [-0.2, 0) is 11.3 Å². The Hall–Kier alpha value is -1.28. The number of benzene rings is 1. The zero-order valence-corrected chi connectivity index (χ0v) is 17.0. The summed E-state index contributed by atoms with van der Waals surface area (Å²) < 4.78 is 5.95. The number of aliphatic hydroxyl groups is 1. The van der Waals surface area contributed by atoms with Gasteiger partial charge in [0.05, 0.1) is 6.54 Å². The molecule has 150 valence electrons. The summed E-state index contributed by atoms with van der Waals surface area (Å²) in [6.07, 6.45) is -0.490. The maximum atomic E-state index is 12.1. The lowest BCUT2D eigenvalue weighted by Gasteiger charge is -2.34. The highest BCUT2D eigenvalue weighted by molar-refractivity contribution is 7.99. The average Bonchev–Trinajstić information content (AvgIpc) is 2.68. The number of β-amino-alcohol motifs (C(OH)–C–C–N with tert-alkyl or cyclic N) is 1. The van der Waals surface area contributed by atoms with Gasteiger partial charge in [-0.1, -0.05) is 18.2 Å². The van der Waals surface area contributed by atoms with Crippen molar-refractivity contribution < 1.29 is 14.6 Å². The number of aliphatic hydroxyl groups excluding tert-OH is 1. The largest absolute Gasteiger partial charge is 0.491 e. The van der Waals surface area contributed by atoms with Crippen LogP contribution >= 0.6 is 11.8 Å². The van der Waals surface area contributed by atoms with E-state index in [-0.39, 0.29) is 5.91 Å². The third kappa shape index (κ3) is 6.10. The minimum Gasteiger partial charge on any atom is -0.491 e. The minimum absolute atomic E-state index is 0.192. The Morgan fingerprint density at radius 3 is 2.67 bits per heavy atom. The third-order valence-electron chi connectivity index (χ3n) is 5.15. The predicted molar refractivity (Wildman–Crippen MR) is 109 cm³/mol. The van der Waals surface area contributed by atoms with Crippen LogP contribution in [0.2, 0.25) is 0 Å². The predicted octanol–water partition coefficient (Wildman–Crippen LogP) is 1.14. The van der Waals surface area contributed by atoms with Crippen molar-refractivity contribution >= 4 is 17.7 Å². The summed E-state index contributed by atoms with van der Waals surface area (Å²) in [6, 6.07) is 7.94. The highest BCUT2D eigenvalue weighted by Gasteiger charge is 2.23. The second-order valence-electron chi connectivity index (χ2n) is 7.17. The van der Waals surface area contributed by atoms with Crippen LogP contribution in [0, 0.1) is 0 Å². The van der Waals surface area contributed by atoms with E-state index >= 15 is 0 Å². The van der Waals surface area contributed by atoms with Crippen LogP contribution < -0.4 is 4.74 Å². The van der Waals surface area contributed by atoms with Gasteiger partial charge in [0.25, 0.3) is 0 Å². The van der Waals surface area contributed by atoms with Gasteiger partial charge in [0.15, 0.2) is 0 Å². The van der Waals surface area contributed by atoms with Crippen molar-refractivity contribution in [3.05, 3.63) is 29.8 Å². The Morgan fingerprint density at radius 1 is 1.15 bits per heavy atom. The topological polar surface area (TPSA) is 56.2 Å². The standard InChI is InChI=1S/C20H31N3O3S/c1-2-23-8-7-22(15-20(23)25)13-17-5-3-4-6-19(17)26-16-18(24)14-21-9-11-27-12-10-21/h3-6,18,24H,2,7-16H2,1H3/t18-/m1/s1.